The van der Waals surface area contributed by atoms with Crippen LogP contribution in [0.1, 0.15) is 6.92 Å². The minimum absolute atomic E-state index is 0.1000. The van der Waals surface area contributed by atoms with Crippen molar-refractivity contribution in [1.29, 1.82) is 0 Å². The van der Waals surface area contributed by atoms with Crippen molar-refractivity contribution in [3.63, 3.8) is 0 Å². The second-order valence-electron chi connectivity index (χ2n) is 6.08. The summed E-state index contributed by atoms with van der Waals surface area (Å²) in [7, 11) is 2.16. The SMILES string of the molecule is CC(=O)Nc1ccc(Nc2ccc(N3CCN(C)CC3)cc2)nc1. The summed E-state index contributed by atoms with van der Waals surface area (Å²) in [5.74, 6) is 0.647. The lowest BCUT2D eigenvalue weighted by atomic mass is 10.2. The van der Waals surface area contributed by atoms with Crippen LogP contribution in [0.15, 0.2) is 42.6 Å². The third kappa shape index (κ3) is 4.23. The summed E-state index contributed by atoms with van der Waals surface area (Å²) in [6.45, 7) is 5.81. The Kier molecular flexibility index (Phi) is 4.96. The molecule has 1 aliphatic rings. The molecule has 6 heteroatoms. The predicted octanol–water partition coefficient (Wildman–Crippen LogP) is 2.54. The molecule has 6 nitrogen and oxygen atoms in total. The smallest absolute Gasteiger partial charge is 0.221 e. The van der Waals surface area contributed by atoms with Gasteiger partial charge in [0, 0.05) is 44.5 Å². The quantitative estimate of drug-likeness (QED) is 0.904. The minimum Gasteiger partial charge on any atom is -0.369 e. The highest BCUT2D eigenvalue weighted by atomic mass is 16.1. The van der Waals surface area contributed by atoms with E-state index in [2.05, 4.69) is 56.7 Å². The van der Waals surface area contributed by atoms with Gasteiger partial charge in [-0.1, -0.05) is 0 Å². The molecule has 0 unspecified atom stereocenters. The zero-order valence-corrected chi connectivity index (χ0v) is 14.1. The van der Waals surface area contributed by atoms with Gasteiger partial charge in [0.15, 0.2) is 0 Å². The maximum absolute atomic E-state index is 11.0. The van der Waals surface area contributed by atoms with Crippen molar-refractivity contribution in [2.45, 2.75) is 6.92 Å². The number of piperazine rings is 1. The van der Waals surface area contributed by atoms with E-state index in [1.807, 2.05) is 12.1 Å². The highest BCUT2D eigenvalue weighted by Gasteiger charge is 2.13. The van der Waals surface area contributed by atoms with Crippen LogP contribution >= 0.6 is 0 Å². The molecular formula is C18H23N5O. The molecule has 0 spiro atoms. The lowest BCUT2D eigenvalue weighted by molar-refractivity contribution is -0.114. The van der Waals surface area contributed by atoms with Crippen LogP contribution in [-0.2, 0) is 4.79 Å². The second-order valence-corrected chi connectivity index (χ2v) is 6.08. The van der Waals surface area contributed by atoms with E-state index in [1.165, 1.54) is 12.6 Å². The number of pyridine rings is 1. The van der Waals surface area contributed by atoms with Gasteiger partial charge in [-0.2, -0.15) is 0 Å². The first-order chi connectivity index (χ1) is 11.6. The molecule has 0 saturated carbocycles. The Morgan fingerprint density at radius 2 is 1.67 bits per heavy atom. The van der Waals surface area contributed by atoms with E-state index in [4.69, 9.17) is 0 Å². The number of likely N-dealkylation sites (N-methyl/N-ethyl adjacent to an activating group) is 1. The Labute approximate surface area is 142 Å². The van der Waals surface area contributed by atoms with Crippen LogP contribution in [0.25, 0.3) is 0 Å². The zero-order chi connectivity index (χ0) is 16.9. The molecule has 0 radical (unpaired) electrons. The molecule has 0 bridgehead atoms. The van der Waals surface area contributed by atoms with Crippen LogP contribution in [0.3, 0.4) is 0 Å². The number of carbonyl (C=O) groups excluding carboxylic acids is 1. The summed E-state index contributed by atoms with van der Waals surface area (Å²) in [5, 5.41) is 5.98. The first-order valence-corrected chi connectivity index (χ1v) is 8.14. The topological polar surface area (TPSA) is 60.5 Å². The summed E-state index contributed by atoms with van der Waals surface area (Å²) >= 11 is 0. The van der Waals surface area contributed by atoms with Gasteiger partial charge in [0.1, 0.15) is 5.82 Å². The van der Waals surface area contributed by atoms with E-state index in [0.717, 1.165) is 37.7 Å². The van der Waals surface area contributed by atoms with Gasteiger partial charge in [0.2, 0.25) is 5.91 Å². The highest BCUT2D eigenvalue weighted by Crippen LogP contribution is 2.21. The Morgan fingerprint density at radius 1 is 1.00 bits per heavy atom. The lowest BCUT2D eigenvalue weighted by Gasteiger charge is -2.34. The van der Waals surface area contributed by atoms with Crippen molar-refractivity contribution in [1.82, 2.24) is 9.88 Å². The monoisotopic (exact) mass is 325 g/mol. The number of hydrogen-bond acceptors (Lipinski definition) is 5. The van der Waals surface area contributed by atoms with Crippen molar-refractivity contribution < 1.29 is 4.79 Å². The van der Waals surface area contributed by atoms with E-state index in [9.17, 15) is 4.79 Å². The molecule has 2 aromatic rings. The molecule has 1 amide bonds. The molecule has 126 valence electrons. The van der Waals surface area contributed by atoms with Crippen LogP contribution in [0.2, 0.25) is 0 Å². The molecule has 0 aliphatic carbocycles. The van der Waals surface area contributed by atoms with Gasteiger partial charge in [-0.25, -0.2) is 4.98 Å². The maximum Gasteiger partial charge on any atom is 0.221 e. The van der Waals surface area contributed by atoms with Crippen LogP contribution in [0.4, 0.5) is 22.9 Å². The number of nitrogens with one attached hydrogen (secondary N) is 2. The molecule has 1 aromatic heterocycles. The maximum atomic E-state index is 11.0. The molecular weight excluding hydrogens is 302 g/mol. The van der Waals surface area contributed by atoms with E-state index >= 15 is 0 Å². The third-order valence-corrected chi connectivity index (χ3v) is 4.09. The number of nitrogens with zero attached hydrogens (tertiary/aromatic N) is 3. The molecule has 2 N–H and O–H groups in total. The molecule has 1 saturated heterocycles. The average Bonchev–Trinajstić information content (AvgIpc) is 2.58. The molecule has 2 heterocycles. The summed E-state index contributed by atoms with van der Waals surface area (Å²) in [4.78, 5) is 20.1. The van der Waals surface area contributed by atoms with Gasteiger partial charge in [-0.15, -0.1) is 0 Å². The first kappa shape index (κ1) is 16.3. The van der Waals surface area contributed by atoms with Crippen molar-refractivity contribution in [2.75, 3.05) is 48.8 Å². The summed E-state index contributed by atoms with van der Waals surface area (Å²) < 4.78 is 0. The first-order valence-electron chi connectivity index (χ1n) is 8.14. The zero-order valence-electron chi connectivity index (χ0n) is 14.1. The summed E-state index contributed by atoms with van der Waals surface area (Å²) in [6, 6.07) is 12.1. The molecule has 1 aromatic carbocycles. The number of aromatic nitrogens is 1. The Hall–Kier alpha value is -2.60. The molecule has 1 fully saturated rings. The molecule has 0 atom stereocenters. The normalized spacial score (nSPS) is 15.2. The van der Waals surface area contributed by atoms with Crippen molar-refractivity contribution in [3.05, 3.63) is 42.6 Å². The third-order valence-electron chi connectivity index (χ3n) is 4.09. The fraction of sp³-hybridized carbons (Fsp3) is 0.333. The number of anilines is 4. The Morgan fingerprint density at radius 3 is 2.25 bits per heavy atom. The molecule has 24 heavy (non-hydrogen) atoms. The summed E-state index contributed by atoms with van der Waals surface area (Å²) in [6.07, 6.45) is 1.64. The van der Waals surface area contributed by atoms with Gasteiger partial charge in [0.25, 0.3) is 0 Å². The van der Waals surface area contributed by atoms with E-state index in [0.29, 0.717) is 5.69 Å². The molecule has 1 aliphatic heterocycles. The number of amides is 1. The average molecular weight is 325 g/mol. The number of benzene rings is 1. The number of rotatable bonds is 4. The lowest BCUT2D eigenvalue weighted by Crippen LogP contribution is -2.44. The van der Waals surface area contributed by atoms with Crippen LogP contribution in [-0.4, -0.2) is 49.0 Å². The highest BCUT2D eigenvalue weighted by molar-refractivity contribution is 5.88. The van der Waals surface area contributed by atoms with Crippen molar-refractivity contribution in [2.24, 2.45) is 0 Å². The fourth-order valence-corrected chi connectivity index (χ4v) is 2.71. The van der Waals surface area contributed by atoms with Crippen molar-refractivity contribution >= 4 is 28.8 Å². The summed E-state index contributed by atoms with van der Waals surface area (Å²) in [5.41, 5.74) is 2.94. The van der Waals surface area contributed by atoms with Gasteiger partial charge < -0.3 is 20.4 Å². The fourth-order valence-electron chi connectivity index (χ4n) is 2.71. The Bertz CT molecular complexity index is 676. The van der Waals surface area contributed by atoms with Gasteiger partial charge in [-0.3, -0.25) is 4.79 Å². The largest absolute Gasteiger partial charge is 0.369 e. The predicted molar refractivity (Wildman–Crippen MR) is 98.0 cm³/mol. The molecule has 3 rings (SSSR count). The minimum atomic E-state index is -0.1000. The second kappa shape index (κ2) is 7.31. The van der Waals surface area contributed by atoms with Crippen LogP contribution in [0.5, 0.6) is 0 Å². The van der Waals surface area contributed by atoms with E-state index in [-0.39, 0.29) is 5.91 Å². The van der Waals surface area contributed by atoms with E-state index in [1.54, 1.807) is 6.20 Å². The van der Waals surface area contributed by atoms with E-state index < -0.39 is 0 Å². The van der Waals surface area contributed by atoms with Gasteiger partial charge >= 0.3 is 0 Å². The van der Waals surface area contributed by atoms with Crippen LogP contribution < -0.4 is 15.5 Å². The van der Waals surface area contributed by atoms with Crippen LogP contribution in [0, 0.1) is 0 Å². The van der Waals surface area contributed by atoms with Crippen molar-refractivity contribution in [3.8, 4) is 0 Å². The number of hydrogen-bond donors (Lipinski definition) is 2. The van der Waals surface area contributed by atoms with Gasteiger partial charge in [0.05, 0.1) is 11.9 Å². The Balaban J connectivity index is 1.60. The van der Waals surface area contributed by atoms with Gasteiger partial charge in [-0.05, 0) is 43.4 Å². The number of carbonyl (C=O) groups is 1. The standard InChI is InChI=1S/C18H23N5O/c1-14(24)20-16-5-8-18(19-13-16)21-15-3-6-17(7-4-15)23-11-9-22(2)10-12-23/h3-8,13H,9-12H2,1-2H3,(H,19,21)(H,20,24).